The number of rotatable bonds is 6. The first-order valence-corrected chi connectivity index (χ1v) is 9.66. The Morgan fingerprint density at radius 1 is 1.25 bits per heavy atom. The van der Waals surface area contributed by atoms with E-state index in [4.69, 9.17) is 32.7 Å². The van der Waals surface area contributed by atoms with Gasteiger partial charge in [-0.3, -0.25) is 9.59 Å². The van der Waals surface area contributed by atoms with Crippen molar-refractivity contribution in [3.8, 4) is 11.5 Å². The Kier molecular flexibility index (Phi) is 6.65. The molecule has 2 aromatic rings. The van der Waals surface area contributed by atoms with Gasteiger partial charge >= 0.3 is 0 Å². The van der Waals surface area contributed by atoms with Crippen LogP contribution in [0.5, 0.6) is 11.5 Å². The summed E-state index contributed by atoms with van der Waals surface area (Å²) in [5.41, 5.74) is 0.591. The number of benzene rings is 2. The van der Waals surface area contributed by atoms with Gasteiger partial charge in [0.1, 0.15) is 11.5 Å². The van der Waals surface area contributed by atoms with Crippen LogP contribution < -0.4 is 19.7 Å². The third-order valence-electron chi connectivity index (χ3n) is 4.16. The number of nitrogens with one attached hydrogen (secondary N) is 1. The highest BCUT2D eigenvalue weighted by molar-refractivity contribution is 6.34. The molecule has 1 aliphatic heterocycles. The number of halogens is 2. The Bertz CT molecular complexity index is 875. The number of nitrogens with zero attached hydrogens (tertiary/aromatic N) is 1. The predicted molar refractivity (Wildman–Crippen MR) is 108 cm³/mol. The first kappa shape index (κ1) is 20.3. The van der Waals surface area contributed by atoms with Crippen LogP contribution in [0.4, 0.5) is 5.69 Å². The molecule has 0 saturated carbocycles. The number of hydrogen-bond donors (Lipinski definition) is 1. The minimum absolute atomic E-state index is 0.0953. The molecule has 0 aliphatic carbocycles. The molecule has 2 amide bonds. The molecule has 1 N–H and O–H groups in total. The van der Waals surface area contributed by atoms with Gasteiger partial charge in [0.25, 0.3) is 11.8 Å². The molecule has 0 unspecified atom stereocenters. The second-order valence-electron chi connectivity index (χ2n) is 6.23. The zero-order valence-electron chi connectivity index (χ0n) is 15.3. The van der Waals surface area contributed by atoms with E-state index >= 15 is 0 Å². The summed E-state index contributed by atoms with van der Waals surface area (Å²) in [6.07, 6.45) is 0.0199. The first-order valence-electron chi connectivity index (χ1n) is 8.91. The summed E-state index contributed by atoms with van der Waals surface area (Å²) in [5, 5.41) is 3.61. The molecular formula is C20H20Cl2N2O4. The molecule has 1 atom stereocenters. The molecule has 1 aliphatic rings. The van der Waals surface area contributed by atoms with Crippen molar-refractivity contribution in [3.63, 3.8) is 0 Å². The van der Waals surface area contributed by atoms with Crippen LogP contribution in [0, 0.1) is 0 Å². The lowest BCUT2D eigenvalue weighted by Crippen LogP contribution is -2.51. The number of hydrogen-bond acceptors (Lipinski definition) is 4. The lowest BCUT2D eigenvalue weighted by atomic mass is 10.1. The second-order valence-corrected chi connectivity index (χ2v) is 7.08. The number of ether oxygens (including phenoxy) is 2. The standard InChI is InChI=1S/C20H20Cl2N2O4/c1-2-9-23-20(26)18-11-24(15-5-3-4-6-16(15)28-18)19(25)12-27-17-10-13(21)7-8-14(17)22/h3-8,10,18H,2,9,11-12H2,1H3,(H,23,26)/t18-/m0/s1. The van der Waals surface area contributed by atoms with E-state index in [-0.39, 0.29) is 25.0 Å². The van der Waals surface area contributed by atoms with Gasteiger partial charge in [-0.1, -0.05) is 42.3 Å². The maximum atomic E-state index is 12.9. The summed E-state index contributed by atoms with van der Waals surface area (Å²) in [4.78, 5) is 26.7. The van der Waals surface area contributed by atoms with E-state index in [1.165, 1.54) is 4.90 Å². The van der Waals surface area contributed by atoms with Crippen LogP contribution in [0.25, 0.3) is 0 Å². The monoisotopic (exact) mass is 422 g/mol. The van der Waals surface area contributed by atoms with Gasteiger partial charge in [-0.15, -0.1) is 0 Å². The summed E-state index contributed by atoms with van der Waals surface area (Å²) in [7, 11) is 0. The summed E-state index contributed by atoms with van der Waals surface area (Å²) in [5.74, 6) is 0.217. The molecule has 0 radical (unpaired) electrons. The molecule has 3 rings (SSSR count). The van der Waals surface area contributed by atoms with Crippen molar-refractivity contribution >= 4 is 40.7 Å². The Morgan fingerprint density at radius 2 is 2.04 bits per heavy atom. The number of anilines is 1. The van der Waals surface area contributed by atoms with Gasteiger partial charge < -0.3 is 19.7 Å². The highest BCUT2D eigenvalue weighted by atomic mass is 35.5. The highest BCUT2D eigenvalue weighted by Gasteiger charge is 2.33. The van der Waals surface area contributed by atoms with Crippen LogP contribution in [-0.4, -0.2) is 37.6 Å². The van der Waals surface area contributed by atoms with Crippen LogP contribution in [0.3, 0.4) is 0 Å². The van der Waals surface area contributed by atoms with Gasteiger partial charge in [-0.25, -0.2) is 0 Å². The SMILES string of the molecule is CCCNC(=O)[C@@H]1CN(C(=O)COc2cc(Cl)ccc2Cl)c2ccccc2O1. The fourth-order valence-electron chi connectivity index (χ4n) is 2.77. The predicted octanol–water partition coefficient (Wildman–Crippen LogP) is 3.69. The van der Waals surface area contributed by atoms with E-state index in [1.54, 1.807) is 42.5 Å². The molecule has 0 spiro atoms. The minimum atomic E-state index is -0.792. The maximum absolute atomic E-state index is 12.9. The smallest absolute Gasteiger partial charge is 0.265 e. The van der Waals surface area contributed by atoms with E-state index in [1.807, 2.05) is 6.92 Å². The van der Waals surface area contributed by atoms with Crippen LogP contribution in [-0.2, 0) is 9.59 Å². The van der Waals surface area contributed by atoms with Crippen molar-refractivity contribution in [2.24, 2.45) is 0 Å². The lowest BCUT2D eigenvalue weighted by molar-refractivity contribution is -0.128. The van der Waals surface area contributed by atoms with Crippen molar-refractivity contribution < 1.29 is 19.1 Å². The van der Waals surface area contributed by atoms with Crippen molar-refractivity contribution in [1.82, 2.24) is 5.32 Å². The quantitative estimate of drug-likeness (QED) is 0.770. The maximum Gasteiger partial charge on any atom is 0.265 e. The Morgan fingerprint density at radius 3 is 2.82 bits per heavy atom. The van der Waals surface area contributed by atoms with E-state index < -0.39 is 6.10 Å². The zero-order valence-corrected chi connectivity index (χ0v) is 16.8. The third-order valence-corrected chi connectivity index (χ3v) is 4.71. The van der Waals surface area contributed by atoms with E-state index in [2.05, 4.69) is 5.32 Å². The van der Waals surface area contributed by atoms with E-state index in [0.717, 1.165) is 6.42 Å². The average molecular weight is 423 g/mol. The van der Waals surface area contributed by atoms with Gasteiger partial charge in [-0.05, 0) is 30.7 Å². The summed E-state index contributed by atoms with van der Waals surface area (Å²) in [6, 6.07) is 11.9. The highest BCUT2D eigenvalue weighted by Crippen LogP contribution is 2.33. The second kappa shape index (κ2) is 9.17. The molecule has 148 valence electrons. The van der Waals surface area contributed by atoms with Crippen LogP contribution >= 0.6 is 23.2 Å². The fourth-order valence-corrected chi connectivity index (χ4v) is 3.11. The topological polar surface area (TPSA) is 67.9 Å². The molecule has 0 aromatic heterocycles. The average Bonchev–Trinajstić information content (AvgIpc) is 2.71. The van der Waals surface area contributed by atoms with Gasteiger partial charge in [0.15, 0.2) is 12.7 Å². The molecule has 2 aromatic carbocycles. The lowest BCUT2D eigenvalue weighted by Gasteiger charge is -2.34. The number of carbonyl (C=O) groups is 2. The number of carbonyl (C=O) groups excluding carboxylic acids is 2. The molecule has 1 heterocycles. The zero-order chi connectivity index (χ0) is 20.1. The number of amides is 2. The van der Waals surface area contributed by atoms with Crippen molar-refractivity contribution in [2.45, 2.75) is 19.4 Å². The molecule has 0 bridgehead atoms. The van der Waals surface area contributed by atoms with Crippen LogP contribution in [0.15, 0.2) is 42.5 Å². The summed E-state index contributed by atoms with van der Waals surface area (Å²) >= 11 is 12.0. The molecule has 28 heavy (non-hydrogen) atoms. The number of para-hydroxylation sites is 2. The molecule has 0 fully saturated rings. The van der Waals surface area contributed by atoms with Gasteiger partial charge in [0, 0.05) is 17.6 Å². The van der Waals surface area contributed by atoms with E-state index in [9.17, 15) is 9.59 Å². The largest absolute Gasteiger partial charge is 0.482 e. The first-order chi connectivity index (χ1) is 13.5. The van der Waals surface area contributed by atoms with Crippen molar-refractivity contribution in [2.75, 3.05) is 24.6 Å². The molecule has 0 saturated heterocycles. The number of fused-ring (bicyclic) bond motifs is 1. The molecule has 6 nitrogen and oxygen atoms in total. The Balaban J connectivity index is 1.75. The third kappa shape index (κ3) is 4.69. The minimum Gasteiger partial charge on any atom is -0.482 e. The van der Waals surface area contributed by atoms with Gasteiger partial charge in [0.2, 0.25) is 0 Å². The van der Waals surface area contributed by atoms with Crippen LogP contribution in [0.1, 0.15) is 13.3 Å². The van der Waals surface area contributed by atoms with Gasteiger partial charge in [0.05, 0.1) is 17.3 Å². The van der Waals surface area contributed by atoms with Crippen molar-refractivity contribution in [1.29, 1.82) is 0 Å². The van der Waals surface area contributed by atoms with Crippen molar-refractivity contribution in [3.05, 3.63) is 52.5 Å². The van der Waals surface area contributed by atoms with E-state index in [0.29, 0.717) is 33.8 Å². The Labute approximate surface area is 173 Å². The molecule has 8 heteroatoms. The van der Waals surface area contributed by atoms with Crippen LogP contribution in [0.2, 0.25) is 10.0 Å². The molecular weight excluding hydrogens is 403 g/mol. The summed E-state index contributed by atoms with van der Waals surface area (Å²) < 4.78 is 11.3. The van der Waals surface area contributed by atoms with Gasteiger partial charge in [-0.2, -0.15) is 0 Å². The summed E-state index contributed by atoms with van der Waals surface area (Å²) in [6.45, 7) is 2.35. The normalized spacial score (nSPS) is 15.4. The Hall–Kier alpha value is -2.44. The fraction of sp³-hybridized carbons (Fsp3) is 0.300.